The number of ketones is 1. The van der Waals surface area contributed by atoms with Gasteiger partial charge >= 0.3 is 0 Å². The van der Waals surface area contributed by atoms with Gasteiger partial charge in [-0.25, -0.2) is 0 Å². The highest BCUT2D eigenvalue weighted by molar-refractivity contribution is 6.07. The molecule has 4 heteroatoms. The van der Waals surface area contributed by atoms with Gasteiger partial charge in [0.1, 0.15) is 0 Å². The number of nitrogens with zero attached hydrogens (tertiary/aromatic N) is 1. The normalized spacial score (nSPS) is 10.4. The monoisotopic (exact) mass is 290 g/mol. The molecule has 1 heterocycles. The molecule has 0 unspecified atom stereocenters. The average Bonchev–Trinajstić information content (AvgIpc) is 2.56. The number of aryl methyl sites for hydroxylation is 1. The zero-order valence-corrected chi connectivity index (χ0v) is 12.0. The summed E-state index contributed by atoms with van der Waals surface area (Å²) in [5, 5.41) is 6.76. The number of benzene rings is 2. The topological polar surface area (TPSA) is 62.8 Å². The molecule has 3 rings (SSSR count). The van der Waals surface area contributed by atoms with E-state index in [1.165, 1.54) is 6.07 Å². The minimum Gasteiger partial charge on any atom is -0.287 e. The molecule has 0 aliphatic rings. The van der Waals surface area contributed by atoms with Crippen LogP contribution in [-0.4, -0.2) is 16.0 Å². The largest absolute Gasteiger partial charge is 0.287 e. The summed E-state index contributed by atoms with van der Waals surface area (Å²) in [7, 11) is 0. The second kappa shape index (κ2) is 5.77. The van der Waals surface area contributed by atoms with Crippen LogP contribution in [0, 0.1) is 6.92 Å². The highest BCUT2D eigenvalue weighted by atomic mass is 16.1. The van der Waals surface area contributed by atoms with Crippen molar-refractivity contribution in [1.82, 2.24) is 10.2 Å². The van der Waals surface area contributed by atoms with Crippen LogP contribution in [0.25, 0.3) is 11.3 Å². The fourth-order valence-electron chi connectivity index (χ4n) is 2.17. The standard InChI is InChI=1S/C18H14N2O2/c1-12-7-9-13(10-8-12)15-11-16(21)17(20-19-15)18(22)14-5-3-2-4-6-14/h2-11H,1H3,(H,19,21). The molecule has 0 radical (unpaired) electrons. The molecule has 0 saturated heterocycles. The summed E-state index contributed by atoms with van der Waals surface area (Å²) in [6.07, 6.45) is 0. The van der Waals surface area contributed by atoms with Crippen molar-refractivity contribution in [3.8, 4) is 11.3 Å². The van der Waals surface area contributed by atoms with Crippen LogP contribution in [0.3, 0.4) is 0 Å². The van der Waals surface area contributed by atoms with E-state index < -0.39 is 0 Å². The first-order valence-electron chi connectivity index (χ1n) is 6.91. The van der Waals surface area contributed by atoms with Crippen molar-refractivity contribution in [3.63, 3.8) is 0 Å². The van der Waals surface area contributed by atoms with E-state index in [-0.39, 0.29) is 16.9 Å². The maximum absolute atomic E-state index is 12.3. The van der Waals surface area contributed by atoms with Gasteiger partial charge in [-0.2, -0.15) is 5.10 Å². The molecule has 1 aromatic heterocycles. The maximum atomic E-state index is 12.3. The summed E-state index contributed by atoms with van der Waals surface area (Å²) in [4.78, 5) is 24.5. The van der Waals surface area contributed by atoms with Gasteiger partial charge in [-0.1, -0.05) is 60.2 Å². The Bertz CT molecular complexity index is 866. The molecule has 22 heavy (non-hydrogen) atoms. The number of hydrogen-bond donors (Lipinski definition) is 1. The Labute approximate surface area is 127 Å². The second-order valence-corrected chi connectivity index (χ2v) is 5.06. The number of H-pyrrole nitrogens is 1. The molecule has 0 saturated carbocycles. The number of rotatable bonds is 3. The molecule has 2 aromatic carbocycles. The number of aromatic nitrogens is 2. The third-order valence-corrected chi connectivity index (χ3v) is 3.41. The Hall–Kier alpha value is -3.01. The first kappa shape index (κ1) is 13.9. The summed E-state index contributed by atoms with van der Waals surface area (Å²) in [5.41, 5.74) is 2.55. The van der Waals surface area contributed by atoms with Crippen molar-refractivity contribution in [2.75, 3.05) is 0 Å². The lowest BCUT2D eigenvalue weighted by Gasteiger charge is -2.04. The molecule has 3 aromatic rings. The van der Waals surface area contributed by atoms with Crippen LogP contribution in [0.1, 0.15) is 21.6 Å². The van der Waals surface area contributed by atoms with Gasteiger partial charge in [-0.3, -0.25) is 14.7 Å². The highest BCUT2D eigenvalue weighted by Crippen LogP contribution is 2.15. The maximum Gasteiger partial charge on any atom is 0.217 e. The molecule has 0 bridgehead atoms. The van der Waals surface area contributed by atoms with Gasteiger partial charge in [-0.05, 0) is 12.5 Å². The van der Waals surface area contributed by atoms with Crippen LogP contribution in [-0.2, 0) is 0 Å². The lowest BCUT2D eigenvalue weighted by atomic mass is 10.1. The second-order valence-electron chi connectivity index (χ2n) is 5.06. The van der Waals surface area contributed by atoms with Gasteiger partial charge in [0.15, 0.2) is 5.69 Å². The van der Waals surface area contributed by atoms with Crippen LogP contribution in [0.5, 0.6) is 0 Å². The van der Waals surface area contributed by atoms with Gasteiger partial charge < -0.3 is 0 Å². The number of nitrogens with one attached hydrogen (secondary N) is 1. The number of carbonyl (C=O) groups is 1. The molecule has 0 aliphatic carbocycles. The van der Waals surface area contributed by atoms with Gasteiger partial charge in [-0.15, -0.1) is 0 Å². The van der Waals surface area contributed by atoms with Gasteiger partial charge in [0, 0.05) is 11.6 Å². The molecule has 0 spiro atoms. The van der Waals surface area contributed by atoms with Crippen molar-refractivity contribution in [1.29, 1.82) is 0 Å². The highest BCUT2D eigenvalue weighted by Gasteiger charge is 2.15. The third kappa shape index (κ3) is 2.72. The van der Waals surface area contributed by atoms with Gasteiger partial charge in [0.05, 0.1) is 5.69 Å². The quantitative estimate of drug-likeness (QED) is 0.754. The summed E-state index contributed by atoms with van der Waals surface area (Å²) < 4.78 is 0. The Balaban J connectivity index is 1.98. The number of hydrogen-bond acceptors (Lipinski definition) is 3. The molecular weight excluding hydrogens is 276 g/mol. The van der Waals surface area contributed by atoms with E-state index in [9.17, 15) is 9.59 Å². The predicted octanol–water partition coefficient (Wildman–Crippen LogP) is 2.98. The minimum atomic E-state index is -0.386. The molecule has 4 nitrogen and oxygen atoms in total. The smallest absolute Gasteiger partial charge is 0.217 e. The van der Waals surface area contributed by atoms with Crippen LogP contribution < -0.4 is 5.43 Å². The van der Waals surface area contributed by atoms with Crippen molar-refractivity contribution >= 4 is 5.78 Å². The Morgan fingerprint density at radius 3 is 2.32 bits per heavy atom. The van der Waals surface area contributed by atoms with Crippen LogP contribution in [0.4, 0.5) is 0 Å². The average molecular weight is 290 g/mol. The van der Waals surface area contributed by atoms with Gasteiger partial charge in [0.25, 0.3) is 0 Å². The first-order valence-corrected chi connectivity index (χ1v) is 6.91. The fourth-order valence-corrected chi connectivity index (χ4v) is 2.17. The van der Waals surface area contributed by atoms with Crippen molar-refractivity contribution in [2.24, 2.45) is 0 Å². The number of aromatic amines is 1. The lowest BCUT2D eigenvalue weighted by molar-refractivity contribution is 0.103. The molecule has 1 N–H and O–H groups in total. The van der Waals surface area contributed by atoms with Crippen LogP contribution in [0.2, 0.25) is 0 Å². The zero-order chi connectivity index (χ0) is 15.5. The predicted molar refractivity (Wildman–Crippen MR) is 84.9 cm³/mol. The Morgan fingerprint density at radius 2 is 1.68 bits per heavy atom. The first-order chi connectivity index (χ1) is 10.6. The van der Waals surface area contributed by atoms with Crippen molar-refractivity contribution in [3.05, 3.63) is 87.7 Å². The van der Waals surface area contributed by atoms with E-state index in [0.717, 1.165) is 11.1 Å². The third-order valence-electron chi connectivity index (χ3n) is 3.41. The van der Waals surface area contributed by atoms with E-state index in [1.807, 2.05) is 37.3 Å². The molecular formula is C18H14N2O2. The molecule has 0 fully saturated rings. The Kier molecular flexibility index (Phi) is 3.66. The summed E-state index contributed by atoms with van der Waals surface area (Å²) >= 11 is 0. The number of carbonyl (C=O) groups excluding carboxylic acids is 1. The zero-order valence-electron chi connectivity index (χ0n) is 12.0. The van der Waals surface area contributed by atoms with E-state index >= 15 is 0 Å². The fraction of sp³-hybridized carbons (Fsp3) is 0.0556. The van der Waals surface area contributed by atoms with Gasteiger partial charge in [0.2, 0.25) is 11.2 Å². The SMILES string of the molecule is Cc1ccc(-c2cc(=O)c(C(=O)c3ccccc3)n[nH]2)cc1. The molecule has 0 aliphatic heterocycles. The lowest BCUT2D eigenvalue weighted by Crippen LogP contribution is -2.19. The minimum absolute atomic E-state index is 0.0953. The summed E-state index contributed by atoms with van der Waals surface area (Å²) in [5.74, 6) is -0.377. The molecule has 108 valence electrons. The summed E-state index contributed by atoms with van der Waals surface area (Å²) in [6, 6.07) is 17.8. The van der Waals surface area contributed by atoms with E-state index in [2.05, 4.69) is 10.2 Å². The molecule has 0 atom stereocenters. The molecule has 0 amide bonds. The van der Waals surface area contributed by atoms with E-state index in [4.69, 9.17) is 0 Å². The van der Waals surface area contributed by atoms with E-state index in [1.54, 1.807) is 24.3 Å². The van der Waals surface area contributed by atoms with E-state index in [0.29, 0.717) is 11.3 Å². The summed E-state index contributed by atoms with van der Waals surface area (Å²) in [6.45, 7) is 1.99. The van der Waals surface area contributed by atoms with Crippen molar-refractivity contribution in [2.45, 2.75) is 6.92 Å². The van der Waals surface area contributed by atoms with Crippen LogP contribution >= 0.6 is 0 Å². The van der Waals surface area contributed by atoms with Crippen molar-refractivity contribution < 1.29 is 4.79 Å². The Morgan fingerprint density at radius 1 is 1.00 bits per heavy atom. The van der Waals surface area contributed by atoms with Crippen LogP contribution in [0.15, 0.2) is 65.5 Å².